The topological polar surface area (TPSA) is 49.5 Å². The van der Waals surface area contributed by atoms with E-state index in [2.05, 4.69) is 0 Å². The van der Waals surface area contributed by atoms with E-state index in [1.54, 1.807) is 6.07 Å². The summed E-state index contributed by atoms with van der Waals surface area (Å²) in [4.78, 5) is 2.01. The average Bonchev–Trinajstić information content (AvgIpc) is 2.07. The molecular weight excluding hydrogens is 176 g/mol. The van der Waals surface area contributed by atoms with Crippen LogP contribution in [0.1, 0.15) is 24.1 Å². The predicted molar refractivity (Wildman–Crippen MR) is 58.1 cm³/mol. The van der Waals surface area contributed by atoms with Gasteiger partial charge in [-0.15, -0.1) is 0 Å². The number of hydrogen-bond donors (Lipinski definition) is 2. The molecule has 1 atom stereocenters. The van der Waals surface area contributed by atoms with Crippen LogP contribution >= 0.6 is 0 Å². The second-order valence-electron chi connectivity index (χ2n) is 3.91. The van der Waals surface area contributed by atoms with Crippen molar-refractivity contribution in [2.75, 3.05) is 14.1 Å². The lowest BCUT2D eigenvalue weighted by Crippen LogP contribution is -2.12. The van der Waals surface area contributed by atoms with Crippen molar-refractivity contribution >= 4 is 0 Å². The highest BCUT2D eigenvalue weighted by molar-refractivity contribution is 5.37. The molecule has 0 fully saturated rings. The molecule has 1 aromatic carbocycles. The number of phenolic OH excluding ortho intramolecular Hbond substituents is 1. The summed E-state index contributed by atoms with van der Waals surface area (Å²) in [6, 6.07) is 5.54. The summed E-state index contributed by atoms with van der Waals surface area (Å²) in [6.07, 6.45) is 0. The first-order chi connectivity index (χ1) is 6.50. The summed E-state index contributed by atoms with van der Waals surface area (Å²) in [5.74, 6) is 0.336. The summed E-state index contributed by atoms with van der Waals surface area (Å²) in [5, 5.41) is 9.60. The van der Waals surface area contributed by atoms with Crippen LogP contribution in [0.25, 0.3) is 0 Å². The molecule has 0 aromatic heterocycles. The van der Waals surface area contributed by atoms with Crippen molar-refractivity contribution in [2.24, 2.45) is 5.73 Å². The van der Waals surface area contributed by atoms with Crippen molar-refractivity contribution in [1.82, 2.24) is 4.90 Å². The van der Waals surface area contributed by atoms with Gasteiger partial charge in [0.05, 0.1) is 0 Å². The molecule has 0 heterocycles. The van der Waals surface area contributed by atoms with Gasteiger partial charge in [0.2, 0.25) is 0 Å². The first-order valence-corrected chi connectivity index (χ1v) is 4.73. The molecule has 1 aromatic rings. The van der Waals surface area contributed by atoms with E-state index in [1.807, 2.05) is 38.1 Å². The van der Waals surface area contributed by atoms with Crippen LogP contribution < -0.4 is 5.73 Å². The van der Waals surface area contributed by atoms with Crippen molar-refractivity contribution in [1.29, 1.82) is 0 Å². The maximum absolute atomic E-state index is 9.60. The fourth-order valence-electron chi connectivity index (χ4n) is 1.36. The van der Waals surface area contributed by atoms with Gasteiger partial charge >= 0.3 is 0 Å². The second-order valence-corrected chi connectivity index (χ2v) is 3.91. The first-order valence-electron chi connectivity index (χ1n) is 4.73. The first kappa shape index (κ1) is 11.0. The molecule has 0 unspecified atom stereocenters. The largest absolute Gasteiger partial charge is 0.508 e. The Balaban J connectivity index is 2.96. The fraction of sp³-hybridized carbons (Fsp3) is 0.455. The van der Waals surface area contributed by atoms with Crippen LogP contribution in [-0.2, 0) is 6.54 Å². The van der Waals surface area contributed by atoms with E-state index in [9.17, 15) is 5.11 Å². The molecule has 0 bridgehead atoms. The van der Waals surface area contributed by atoms with Crippen LogP contribution in [-0.4, -0.2) is 24.1 Å². The summed E-state index contributed by atoms with van der Waals surface area (Å²) in [6.45, 7) is 2.66. The molecule has 0 radical (unpaired) electrons. The Morgan fingerprint density at radius 3 is 2.57 bits per heavy atom. The minimum atomic E-state index is 0.0107. The maximum atomic E-state index is 9.60. The molecule has 0 aliphatic carbocycles. The zero-order chi connectivity index (χ0) is 10.7. The fourth-order valence-corrected chi connectivity index (χ4v) is 1.36. The molecule has 78 valence electrons. The lowest BCUT2D eigenvalue weighted by atomic mass is 10.0. The van der Waals surface area contributed by atoms with Gasteiger partial charge in [0.15, 0.2) is 0 Å². The zero-order valence-electron chi connectivity index (χ0n) is 8.99. The van der Waals surface area contributed by atoms with Crippen LogP contribution in [0.4, 0.5) is 0 Å². The number of aromatic hydroxyl groups is 1. The molecule has 3 heteroatoms. The van der Waals surface area contributed by atoms with Crippen LogP contribution in [0.15, 0.2) is 18.2 Å². The standard InChI is InChI=1S/C11H18N2O/c1-8(12)9-4-5-11(14)10(6-9)7-13(2)3/h4-6,8,14H,7,12H2,1-3H3/t8-/m0/s1. The molecular formula is C11H18N2O. The van der Waals surface area contributed by atoms with Gasteiger partial charge in [0.25, 0.3) is 0 Å². The smallest absolute Gasteiger partial charge is 0.120 e. The van der Waals surface area contributed by atoms with Crippen LogP contribution in [0.3, 0.4) is 0 Å². The average molecular weight is 194 g/mol. The number of phenols is 1. The van der Waals surface area contributed by atoms with Gasteiger partial charge in [-0.05, 0) is 38.7 Å². The van der Waals surface area contributed by atoms with Crippen molar-refractivity contribution in [3.63, 3.8) is 0 Å². The highest BCUT2D eigenvalue weighted by atomic mass is 16.3. The minimum Gasteiger partial charge on any atom is -0.508 e. The molecule has 0 saturated heterocycles. The van der Waals surface area contributed by atoms with Crippen molar-refractivity contribution in [2.45, 2.75) is 19.5 Å². The lowest BCUT2D eigenvalue weighted by molar-refractivity contribution is 0.385. The highest BCUT2D eigenvalue weighted by Crippen LogP contribution is 2.22. The third kappa shape index (κ3) is 2.72. The van der Waals surface area contributed by atoms with E-state index in [4.69, 9.17) is 5.73 Å². The molecule has 1 rings (SSSR count). The Morgan fingerprint density at radius 1 is 1.43 bits per heavy atom. The quantitative estimate of drug-likeness (QED) is 0.766. The molecule has 0 aliphatic heterocycles. The molecule has 14 heavy (non-hydrogen) atoms. The minimum absolute atomic E-state index is 0.0107. The number of nitrogens with zero attached hydrogens (tertiary/aromatic N) is 1. The summed E-state index contributed by atoms with van der Waals surface area (Å²) in [7, 11) is 3.94. The van der Waals surface area contributed by atoms with Gasteiger partial charge in [-0.25, -0.2) is 0 Å². The van der Waals surface area contributed by atoms with E-state index in [1.165, 1.54) is 0 Å². The maximum Gasteiger partial charge on any atom is 0.120 e. The van der Waals surface area contributed by atoms with Gasteiger partial charge in [-0.3, -0.25) is 0 Å². The van der Waals surface area contributed by atoms with E-state index >= 15 is 0 Å². The normalized spacial score (nSPS) is 13.2. The van der Waals surface area contributed by atoms with Crippen LogP contribution in [0.5, 0.6) is 5.75 Å². The van der Waals surface area contributed by atoms with Gasteiger partial charge in [0.1, 0.15) is 5.75 Å². The predicted octanol–water partition coefficient (Wildman–Crippen LogP) is 1.47. The Hall–Kier alpha value is -1.06. The van der Waals surface area contributed by atoms with E-state index < -0.39 is 0 Å². The Kier molecular flexibility index (Phi) is 3.49. The third-order valence-corrected chi connectivity index (χ3v) is 2.12. The molecule has 0 spiro atoms. The van der Waals surface area contributed by atoms with E-state index in [0.717, 1.165) is 17.7 Å². The molecule has 0 aliphatic rings. The Morgan fingerprint density at radius 2 is 2.07 bits per heavy atom. The monoisotopic (exact) mass is 194 g/mol. The number of nitrogens with two attached hydrogens (primary N) is 1. The molecule has 3 nitrogen and oxygen atoms in total. The molecule has 3 N–H and O–H groups in total. The highest BCUT2D eigenvalue weighted by Gasteiger charge is 2.06. The van der Waals surface area contributed by atoms with Gasteiger partial charge in [-0.1, -0.05) is 6.07 Å². The summed E-state index contributed by atoms with van der Waals surface area (Å²) < 4.78 is 0. The van der Waals surface area contributed by atoms with Gasteiger partial charge in [-0.2, -0.15) is 0 Å². The number of hydrogen-bond acceptors (Lipinski definition) is 3. The van der Waals surface area contributed by atoms with Crippen molar-refractivity contribution in [3.8, 4) is 5.75 Å². The number of benzene rings is 1. The SMILES string of the molecule is C[C@H](N)c1ccc(O)c(CN(C)C)c1. The van der Waals surface area contributed by atoms with E-state index in [-0.39, 0.29) is 6.04 Å². The van der Waals surface area contributed by atoms with E-state index in [0.29, 0.717) is 5.75 Å². The second kappa shape index (κ2) is 4.44. The molecule has 0 saturated carbocycles. The Bertz CT molecular complexity index is 308. The van der Waals surface area contributed by atoms with Crippen LogP contribution in [0.2, 0.25) is 0 Å². The third-order valence-electron chi connectivity index (χ3n) is 2.12. The summed E-state index contributed by atoms with van der Waals surface area (Å²) in [5.41, 5.74) is 7.74. The number of rotatable bonds is 3. The Labute approximate surface area is 85.2 Å². The zero-order valence-corrected chi connectivity index (χ0v) is 8.99. The van der Waals surface area contributed by atoms with Gasteiger partial charge < -0.3 is 15.7 Å². The van der Waals surface area contributed by atoms with Crippen LogP contribution in [0, 0.1) is 0 Å². The lowest BCUT2D eigenvalue weighted by Gasteiger charge is -2.13. The summed E-state index contributed by atoms with van der Waals surface area (Å²) >= 11 is 0. The molecule has 0 amide bonds. The van der Waals surface area contributed by atoms with Crippen molar-refractivity contribution in [3.05, 3.63) is 29.3 Å². The van der Waals surface area contributed by atoms with Gasteiger partial charge in [0, 0.05) is 18.2 Å². The van der Waals surface area contributed by atoms with Crippen molar-refractivity contribution < 1.29 is 5.11 Å².